The lowest BCUT2D eigenvalue weighted by Gasteiger charge is -2.10. The summed E-state index contributed by atoms with van der Waals surface area (Å²) in [6, 6.07) is 16.2. The number of hydrogen-bond acceptors (Lipinski definition) is 6. The minimum Gasteiger partial charge on any atom is -0.493 e. The van der Waals surface area contributed by atoms with E-state index in [1.165, 1.54) is 37.6 Å². The van der Waals surface area contributed by atoms with Crippen LogP contribution >= 0.6 is 11.6 Å². The summed E-state index contributed by atoms with van der Waals surface area (Å²) in [4.78, 5) is 36.2. The summed E-state index contributed by atoms with van der Waals surface area (Å²) >= 11 is 6.02. The third-order valence-corrected chi connectivity index (χ3v) is 4.71. The smallest absolute Gasteiger partial charge is 0.345 e. The molecule has 8 nitrogen and oxygen atoms in total. The van der Waals surface area contributed by atoms with E-state index in [2.05, 4.69) is 15.8 Å². The number of methoxy groups -OCH3 is 1. The van der Waals surface area contributed by atoms with Crippen molar-refractivity contribution in [3.05, 3.63) is 94.3 Å². The van der Waals surface area contributed by atoms with E-state index in [0.717, 1.165) is 6.07 Å². The Morgan fingerprint density at radius 2 is 1.82 bits per heavy atom. The zero-order chi connectivity index (χ0) is 24.5. The number of halogens is 2. The van der Waals surface area contributed by atoms with Crippen molar-refractivity contribution in [2.24, 2.45) is 5.10 Å². The summed E-state index contributed by atoms with van der Waals surface area (Å²) < 4.78 is 23.8. The highest BCUT2D eigenvalue weighted by Crippen LogP contribution is 2.29. The number of nitrogens with zero attached hydrogens (tertiary/aromatic N) is 1. The lowest BCUT2D eigenvalue weighted by Crippen LogP contribution is -2.34. The molecule has 0 saturated heterocycles. The number of ether oxygens (including phenoxy) is 2. The maximum atomic E-state index is 13.2. The van der Waals surface area contributed by atoms with Crippen molar-refractivity contribution < 1.29 is 28.2 Å². The molecule has 2 amide bonds. The first kappa shape index (κ1) is 24.4. The van der Waals surface area contributed by atoms with Gasteiger partial charge in [-0.2, -0.15) is 5.10 Å². The number of esters is 1. The Balaban J connectivity index is 1.55. The zero-order valence-electron chi connectivity index (χ0n) is 17.9. The quantitative estimate of drug-likeness (QED) is 0.220. The minimum absolute atomic E-state index is 0.0960. The van der Waals surface area contributed by atoms with Crippen LogP contribution in [0.25, 0.3) is 0 Å². The number of nitrogens with one attached hydrogen (secondary N) is 2. The zero-order valence-corrected chi connectivity index (χ0v) is 18.6. The fourth-order valence-electron chi connectivity index (χ4n) is 2.74. The highest BCUT2D eigenvalue weighted by Gasteiger charge is 2.15. The Hall–Kier alpha value is -4.24. The Bertz CT molecular complexity index is 1250. The number of hydrazone groups is 1. The number of carbonyl (C=O) groups excluding carboxylic acids is 3. The predicted octanol–water partition coefficient (Wildman–Crippen LogP) is 3.59. The van der Waals surface area contributed by atoms with Gasteiger partial charge in [-0.15, -0.1) is 0 Å². The van der Waals surface area contributed by atoms with Gasteiger partial charge in [0.05, 0.1) is 30.5 Å². The Morgan fingerprint density at radius 3 is 2.56 bits per heavy atom. The summed E-state index contributed by atoms with van der Waals surface area (Å²) in [6.45, 7) is -0.354. The Morgan fingerprint density at radius 1 is 1.03 bits per heavy atom. The second-order valence-electron chi connectivity index (χ2n) is 6.77. The van der Waals surface area contributed by atoms with Crippen LogP contribution < -0.4 is 20.2 Å². The molecule has 0 fully saturated rings. The fraction of sp³-hybridized carbons (Fsp3) is 0.0833. The maximum Gasteiger partial charge on any atom is 0.345 e. The van der Waals surface area contributed by atoms with Crippen LogP contribution in [0.4, 0.5) is 4.39 Å². The first-order chi connectivity index (χ1) is 16.4. The molecular weight excluding hydrogens is 465 g/mol. The number of amides is 2. The van der Waals surface area contributed by atoms with E-state index < -0.39 is 23.6 Å². The van der Waals surface area contributed by atoms with Crippen LogP contribution in [0.1, 0.15) is 26.3 Å². The number of carbonyl (C=O) groups is 3. The normalized spacial score (nSPS) is 10.6. The molecule has 0 atom stereocenters. The van der Waals surface area contributed by atoms with E-state index >= 15 is 0 Å². The molecule has 0 spiro atoms. The molecule has 2 N–H and O–H groups in total. The molecule has 0 radical (unpaired) electrons. The molecule has 174 valence electrons. The first-order valence-electron chi connectivity index (χ1n) is 9.88. The van der Waals surface area contributed by atoms with Crippen molar-refractivity contribution in [1.82, 2.24) is 10.7 Å². The first-order valence-corrected chi connectivity index (χ1v) is 10.3. The molecule has 0 aliphatic heterocycles. The number of benzene rings is 3. The predicted molar refractivity (Wildman–Crippen MR) is 124 cm³/mol. The van der Waals surface area contributed by atoms with Crippen molar-refractivity contribution in [3.63, 3.8) is 0 Å². The van der Waals surface area contributed by atoms with Gasteiger partial charge in [0.25, 0.3) is 11.8 Å². The molecule has 0 aliphatic rings. The molecule has 34 heavy (non-hydrogen) atoms. The Kier molecular flexibility index (Phi) is 8.31. The van der Waals surface area contributed by atoms with Crippen molar-refractivity contribution in [1.29, 1.82) is 0 Å². The molecule has 0 aliphatic carbocycles. The topological polar surface area (TPSA) is 106 Å². The van der Waals surface area contributed by atoms with Crippen LogP contribution in [0.5, 0.6) is 11.5 Å². The van der Waals surface area contributed by atoms with Crippen LogP contribution in [-0.2, 0) is 4.79 Å². The molecule has 3 aromatic carbocycles. The summed E-state index contributed by atoms with van der Waals surface area (Å²) in [5.41, 5.74) is 3.11. The summed E-state index contributed by atoms with van der Waals surface area (Å²) in [7, 11) is 1.41. The third-order valence-electron chi connectivity index (χ3n) is 4.38. The van der Waals surface area contributed by atoms with Gasteiger partial charge in [0.1, 0.15) is 5.82 Å². The highest BCUT2D eigenvalue weighted by molar-refractivity contribution is 6.33. The van der Waals surface area contributed by atoms with Crippen LogP contribution in [0.2, 0.25) is 5.02 Å². The van der Waals surface area contributed by atoms with Gasteiger partial charge in [0.15, 0.2) is 11.5 Å². The van der Waals surface area contributed by atoms with Gasteiger partial charge in [0, 0.05) is 5.56 Å². The van der Waals surface area contributed by atoms with Crippen LogP contribution in [0.3, 0.4) is 0 Å². The van der Waals surface area contributed by atoms with Gasteiger partial charge in [-0.05, 0) is 54.1 Å². The molecule has 0 bridgehead atoms. The van der Waals surface area contributed by atoms with Crippen molar-refractivity contribution in [2.45, 2.75) is 0 Å². The molecule has 0 saturated carbocycles. The fourth-order valence-corrected chi connectivity index (χ4v) is 2.95. The third kappa shape index (κ3) is 6.63. The SMILES string of the molecule is COc1cc(/C=N\NC(=O)CNC(=O)c2cccc(F)c2)ccc1OC(=O)c1ccccc1Cl. The average Bonchev–Trinajstić information content (AvgIpc) is 2.83. The highest BCUT2D eigenvalue weighted by atomic mass is 35.5. The van der Waals surface area contributed by atoms with Crippen molar-refractivity contribution in [3.8, 4) is 11.5 Å². The lowest BCUT2D eigenvalue weighted by molar-refractivity contribution is -0.120. The van der Waals surface area contributed by atoms with Crippen LogP contribution in [0.15, 0.2) is 71.8 Å². The minimum atomic E-state index is -0.641. The van der Waals surface area contributed by atoms with Gasteiger partial charge in [0.2, 0.25) is 0 Å². The number of rotatable bonds is 8. The van der Waals surface area contributed by atoms with Crippen LogP contribution in [-0.4, -0.2) is 37.7 Å². The average molecular weight is 484 g/mol. The van der Waals surface area contributed by atoms with E-state index in [4.69, 9.17) is 21.1 Å². The summed E-state index contributed by atoms with van der Waals surface area (Å²) in [5, 5.41) is 6.44. The van der Waals surface area contributed by atoms with Gasteiger partial charge in [-0.1, -0.05) is 29.8 Å². The number of hydrogen-bond donors (Lipinski definition) is 2. The largest absolute Gasteiger partial charge is 0.493 e. The second kappa shape index (κ2) is 11.6. The second-order valence-corrected chi connectivity index (χ2v) is 7.17. The van der Waals surface area contributed by atoms with Gasteiger partial charge in [-0.25, -0.2) is 14.6 Å². The van der Waals surface area contributed by atoms with E-state index in [-0.39, 0.29) is 34.2 Å². The van der Waals surface area contributed by atoms with E-state index in [9.17, 15) is 18.8 Å². The molecule has 0 heterocycles. The van der Waals surface area contributed by atoms with Gasteiger partial charge >= 0.3 is 5.97 Å². The van der Waals surface area contributed by atoms with Crippen molar-refractivity contribution >= 4 is 35.6 Å². The van der Waals surface area contributed by atoms with E-state index in [1.54, 1.807) is 36.4 Å². The molecule has 0 aromatic heterocycles. The molecule has 0 unspecified atom stereocenters. The van der Waals surface area contributed by atoms with Crippen molar-refractivity contribution in [2.75, 3.05) is 13.7 Å². The van der Waals surface area contributed by atoms with Gasteiger partial charge < -0.3 is 14.8 Å². The Labute approximate surface area is 199 Å². The summed E-state index contributed by atoms with van der Waals surface area (Å²) in [5.74, 6) is -1.94. The maximum absolute atomic E-state index is 13.2. The van der Waals surface area contributed by atoms with Gasteiger partial charge in [-0.3, -0.25) is 9.59 Å². The van der Waals surface area contributed by atoms with E-state index in [0.29, 0.717) is 5.56 Å². The molecule has 10 heteroatoms. The standard InChI is InChI=1S/C24H19ClFN3O5/c1-33-21-11-15(9-10-20(21)34-24(32)18-7-2-3-8-19(18)25)13-28-29-22(30)14-27-23(31)16-5-4-6-17(26)12-16/h2-13H,14H2,1H3,(H,27,31)(H,29,30)/b28-13-. The monoisotopic (exact) mass is 483 g/mol. The van der Waals surface area contributed by atoms with Crippen LogP contribution in [0, 0.1) is 5.82 Å². The van der Waals surface area contributed by atoms with E-state index in [1.807, 2.05) is 0 Å². The molecule has 3 rings (SSSR count). The summed E-state index contributed by atoms with van der Waals surface area (Å²) in [6.07, 6.45) is 1.34. The molecule has 3 aromatic rings. The lowest BCUT2D eigenvalue weighted by atomic mass is 10.2. The molecular formula is C24H19ClFN3O5.